The van der Waals surface area contributed by atoms with E-state index in [4.69, 9.17) is 4.74 Å². The zero-order valence-corrected chi connectivity index (χ0v) is 19.1. The Labute approximate surface area is 179 Å². The van der Waals surface area contributed by atoms with Crippen molar-refractivity contribution in [2.75, 3.05) is 6.61 Å². The molecular formula is C25H34FNO3. The molecule has 0 aromatic heterocycles. The predicted molar refractivity (Wildman–Crippen MR) is 118 cm³/mol. The molecule has 164 valence electrons. The van der Waals surface area contributed by atoms with Gasteiger partial charge in [0.15, 0.2) is 0 Å². The summed E-state index contributed by atoms with van der Waals surface area (Å²) in [4.78, 5) is 12.8. The Balaban J connectivity index is 2.56. The molecule has 2 rings (SSSR count). The molecule has 0 radical (unpaired) electrons. The van der Waals surface area contributed by atoms with Crippen molar-refractivity contribution in [1.29, 1.82) is 0 Å². The first-order chi connectivity index (χ1) is 13.9. The number of halogens is 1. The highest BCUT2D eigenvalue weighted by Crippen LogP contribution is 2.41. The maximum Gasteiger partial charge on any atom is 0.327 e. The minimum absolute atomic E-state index is 0.173. The molecule has 0 heterocycles. The van der Waals surface area contributed by atoms with Crippen LogP contribution < -0.4 is 5.32 Å². The number of hydrogen-bond donors (Lipinski definition) is 2. The number of aromatic hydroxyl groups is 1. The number of phenolic OH excluding ortho intramolecular Hbond substituents is 1. The summed E-state index contributed by atoms with van der Waals surface area (Å²) in [6.45, 7) is 14.3. The Morgan fingerprint density at radius 3 is 2.07 bits per heavy atom. The fourth-order valence-electron chi connectivity index (χ4n) is 3.38. The number of esters is 1. The first kappa shape index (κ1) is 23.9. The summed E-state index contributed by atoms with van der Waals surface area (Å²) in [6, 6.07) is 9.38. The van der Waals surface area contributed by atoms with Gasteiger partial charge in [-0.2, -0.15) is 0 Å². The van der Waals surface area contributed by atoms with Gasteiger partial charge in [-0.1, -0.05) is 59.7 Å². The van der Waals surface area contributed by atoms with E-state index in [1.165, 1.54) is 6.07 Å². The third-order valence-electron chi connectivity index (χ3n) is 5.06. The lowest BCUT2D eigenvalue weighted by Gasteiger charge is -2.29. The lowest BCUT2D eigenvalue weighted by atomic mass is 9.77. The van der Waals surface area contributed by atoms with E-state index in [-0.39, 0.29) is 35.5 Å². The predicted octanol–water partition coefficient (Wildman–Crippen LogP) is 5.52. The highest BCUT2D eigenvalue weighted by molar-refractivity contribution is 5.78. The van der Waals surface area contributed by atoms with Crippen molar-refractivity contribution in [3.63, 3.8) is 0 Å². The molecule has 0 aliphatic rings. The number of rotatable bonds is 6. The van der Waals surface area contributed by atoms with Crippen molar-refractivity contribution < 1.29 is 19.0 Å². The number of carbonyl (C=O) groups is 1. The molecule has 0 saturated carbocycles. The lowest BCUT2D eigenvalue weighted by molar-refractivity contribution is -0.145. The Morgan fingerprint density at radius 1 is 1.07 bits per heavy atom. The highest BCUT2D eigenvalue weighted by atomic mass is 19.1. The fourth-order valence-corrected chi connectivity index (χ4v) is 3.38. The number of nitrogens with one attached hydrogen (secondary N) is 1. The Morgan fingerprint density at radius 2 is 1.60 bits per heavy atom. The van der Waals surface area contributed by atoms with Crippen LogP contribution >= 0.6 is 0 Å². The molecule has 0 bridgehead atoms. The van der Waals surface area contributed by atoms with Gasteiger partial charge in [-0.05, 0) is 52.6 Å². The molecule has 1 unspecified atom stereocenters. The first-order valence-electron chi connectivity index (χ1n) is 10.4. The molecule has 0 aliphatic carbocycles. The van der Waals surface area contributed by atoms with Gasteiger partial charge in [0, 0.05) is 12.1 Å². The van der Waals surface area contributed by atoms with Gasteiger partial charge in [0.05, 0.1) is 6.61 Å². The van der Waals surface area contributed by atoms with Gasteiger partial charge in [-0.15, -0.1) is 0 Å². The standard InChI is InChI=1S/C25H34FNO3/c1-8-30-23(29)21(27-15-16-11-9-10-12-20(16)26)17-13-18(24(2,3)4)22(28)19(14-17)25(5,6)7/h9-14,21,27-28H,8,15H2,1-7H3. The number of phenols is 1. The van der Waals surface area contributed by atoms with E-state index in [9.17, 15) is 14.3 Å². The zero-order valence-electron chi connectivity index (χ0n) is 19.1. The zero-order chi connectivity index (χ0) is 22.7. The summed E-state index contributed by atoms with van der Waals surface area (Å²) in [5, 5.41) is 14.1. The molecule has 0 aliphatic heterocycles. The second kappa shape index (κ2) is 9.17. The molecular weight excluding hydrogens is 381 g/mol. The van der Waals surface area contributed by atoms with Crippen LogP contribution in [0, 0.1) is 5.82 Å². The topological polar surface area (TPSA) is 58.6 Å². The van der Waals surface area contributed by atoms with Crippen LogP contribution in [0.1, 0.15) is 76.8 Å². The van der Waals surface area contributed by atoms with Gasteiger partial charge in [0.1, 0.15) is 17.6 Å². The molecule has 30 heavy (non-hydrogen) atoms. The largest absolute Gasteiger partial charge is 0.507 e. The molecule has 1 atom stereocenters. The van der Waals surface area contributed by atoms with Crippen LogP contribution in [0.5, 0.6) is 5.75 Å². The summed E-state index contributed by atoms with van der Waals surface area (Å²) in [5.74, 6) is -0.515. The van der Waals surface area contributed by atoms with Gasteiger partial charge >= 0.3 is 5.97 Å². The molecule has 0 saturated heterocycles. The average Bonchev–Trinajstić information content (AvgIpc) is 2.62. The van der Waals surface area contributed by atoms with Crippen LogP contribution in [0.3, 0.4) is 0 Å². The quantitative estimate of drug-likeness (QED) is 0.610. The summed E-state index contributed by atoms with van der Waals surface area (Å²) in [6.07, 6.45) is 0. The second-order valence-corrected chi connectivity index (χ2v) is 9.62. The van der Waals surface area contributed by atoms with E-state index in [2.05, 4.69) is 5.32 Å². The minimum Gasteiger partial charge on any atom is -0.507 e. The lowest BCUT2D eigenvalue weighted by Crippen LogP contribution is -2.31. The van der Waals surface area contributed by atoms with E-state index in [0.29, 0.717) is 11.1 Å². The van der Waals surface area contributed by atoms with E-state index in [1.54, 1.807) is 25.1 Å². The highest BCUT2D eigenvalue weighted by Gasteiger charge is 2.30. The molecule has 0 amide bonds. The third kappa shape index (κ3) is 5.60. The van der Waals surface area contributed by atoms with Gasteiger partial charge in [0.2, 0.25) is 0 Å². The van der Waals surface area contributed by atoms with Crippen LogP contribution in [0.25, 0.3) is 0 Å². The van der Waals surface area contributed by atoms with E-state index >= 15 is 0 Å². The SMILES string of the molecule is CCOC(=O)C(NCc1ccccc1F)c1cc(C(C)(C)C)c(O)c(C(C)(C)C)c1. The van der Waals surface area contributed by atoms with Crippen LogP contribution in [0.15, 0.2) is 36.4 Å². The van der Waals surface area contributed by atoms with E-state index < -0.39 is 12.0 Å². The minimum atomic E-state index is -0.785. The molecule has 4 nitrogen and oxygen atoms in total. The van der Waals surface area contributed by atoms with Crippen molar-refractivity contribution in [3.05, 3.63) is 64.5 Å². The van der Waals surface area contributed by atoms with E-state index in [1.807, 2.05) is 53.7 Å². The molecule has 0 fully saturated rings. The van der Waals surface area contributed by atoms with Crippen molar-refractivity contribution in [1.82, 2.24) is 5.32 Å². The van der Waals surface area contributed by atoms with Crippen molar-refractivity contribution >= 4 is 5.97 Å². The van der Waals surface area contributed by atoms with Gasteiger partial charge in [-0.3, -0.25) is 5.32 Å². The first-order valence-corrected chi connectivity index (χ1v) is 10.4. The Kier molecular flexibility index (Phi) is 7.30. The van der Waals surface area contributed by atoms with Crippen LogP contribution in [0.4, 0.5) is 4.39 Å². The summed E-state index contributed by atoms with van der Waals surface area (Å²) in [7, 11) is 0. The third-order valence-corrected chi connectivity index (χ3v) is 5.06. The van der Waals surface area contributed by atoms with Crippen molar-refractivity contribution in [2.45, 2.75) is 71.9 Å². The van der Waals surface area contributed by atoms with Crippen molar-refractivity contribution in [3.8, 4) is 5.75 Å². The molecule has 2 aromatic rings. The normalized spacial score (nSPS) is 13.2. The van der Waals surface area contributed by atoms with Gasteiger partial charge in [0.25, 0.3) is 0 Å². The monoisotopic (exact) mass is 415 g/mol. The Hall–Kier alpha value is -2.40. The second-order valence-electron chi connectivity index (χ2n) is 9.62. The fraction of sp³-hybridized carbons (Fsp3) is 0.480. The van der Waals surface area contributed by atoms with Crippen molar-refractivity contribution in [2.24, 2.45) is 0 Å². The summed E-state index contributed by atoms with van der Waals surface area (Å²) in [5.41, 5.74) is 2.02. The summed E-state index contributed by atoms with van der Waals surface area (Å²) >= 11 is 0. The molecule has 5 heteroatoms. The smallest absolute Gasteiger partial charge is 0.327 e. The number of carbonyl (C=O) groups excluding carboxylic acids is 1. The van der Waals surface area contributed by atoms with Gasteiger partial charge < -0.3 is 9.84 Å². The van der Waals surface area contributed by atoms with Gasteiger partial charge in [-0.25, -0.2) is 9.18 Å². The molecule has 0 spiro atoms. The number of benzene rings is 2. The maximum absolute atomic E-state index is 14.1. The maximum atomic E-state index is 14.1. The van der Waals surface area contributed by atoms with E-state index in [0.717, 1.165) is 11.1 Å². The number of hydrogen-bond acceptors (Lipinski definition) is 4. The summed E-state index contributed by atoms with van der Waals surface area (Å²) < 4.78 is 19.4. The molecule has 2 N–H and O–H groups in total. The Bertz CT molecular complexity index is 859. The number of ether oxygens (including phenoxy) is 1. The van der Waals surface area contributed by atoms with Crippen LogP contribution in [-0.2, 0) is 26.9 Å². The van der Waals surface area contributed by atoms with Crippen LogP contribution in [0.2, 0.25) is 0 Å². The average molecular weight is 416 g/mol. The molecule has 2 aromatic carbocycles. The van der Waals surface area contributed by atoms with Crippen LogP contribution in [-0.4, -0.2) is 17.7 Å².